The van der Waals surface area contributed by atoms with Crippen molar-refractivity contribution in [1.82, 2.24) is 10.2 Å². The number of nitrogens with zero attached hydrogens (tertiary/aromatic N) is 2. The first-order chi connectivity index (χ1) is 15.1. The van der Waals surface area contributed by atoms with E-state index >= 15 is 0 Å². The summed E-state index contributed by atoms with van der Waals surface area (Å²) in [4.78, 5) is 39.3. The van der Waals surface area contributed by atoms with Crippen molar-refractivity contribution in [3.63, 3.8) is 0 Å². The molecule has 1 aliphatic rings. The summed E-state index contributed by atoms with van der Waals surface area (Å²) in [5.74, 6) is -1.32. The molecule has 32 heavy (non-hydrogen) atoms. The van der Waals surface area contributed by atoms with Crippen LogP contribution in [0.4, 0.5) is 18.9 Å². The van der Waals surface area contributed by atoms with E-state index < -0.39 is 18.2 Å². The number of carbonyl (C=O) groups is 3. The Hall–Kier alpha value is -3.56. The van der Waals surface area contributed by atoms with E-state index in [-0.39, 0.29) is 30.3 Å². The monoisotopic (exact) mass is 449 g/mol. The van der Waals surface area contributed by atoms with Crippen molar-refractivity contribution < 1.29 is 32.3 Å². The van der Waals surface area contributed by atoms with E-state index in [9.17, 15) is 27.6 Å². The standard InChI is InChI=1S/C22H22F3N3O4/c1-27(14-16-5-2-3-6-18(16)32-22(23,24)25)20(30)13-26-21(31)15-8-10-17(11-9-15)28-12-4-7-19(28)29/h2-3,5-6,8-11H,4,7,12-14H2,1H3,(H,26,31). The Balaban J connectivity index is 1.54. The molecule has 3 amide bonds. The highest BCUT2D eigenvalue weighted by Crippen LogP contribution is 2.27. The van der Waals surface area contributed by atoms with Crippen molar-refractivity contribution in [3.8, 4) is 5.75 Å². The lowest BCUT2D eigenvalue weighted by molar-refractivity contribution is -0.275. The summed E-state index contributed by atoms with van der Waals surface area (Å²) < 4.78 is 41.6. The number of ether oxygens (including phenoxy) is 1. The number of anilines is 1. The zero-order valence-electron chi connectivity index (χ0n) is 17.3. The molecule has 0 saturated carbocycles. The third-order valence-corrected chi connectivity index (χ3v) is 4.95. The van der Waals surface area contributed by atoms with Crippen LogP contribution in [0.1, 0.15) is 28.8 Å². The number of halogens is 3. The van der Waals surface area contributed by atoms with Crippen LogP contribution in [0.15, 0.2) is 48.5 Å². The lowest BCUT2D eigenvalue weighted by atomic mass is 10.2. The molecule has 1 N–H and O–H groups in total. The lowest BCUT2D eigenvalue weighted by Gasteiger charge is -2.20. The molecule has 7 nitrogen and oxygen atoms in total. The smallest absolute Gasteiger partial charge is 0.405 e. The molecule has 1 fully saturated rings. The average Bonchev–Trinajstić information content (AvgIpc) is 3.18. The minimum atomic E-state index is -4.84. The van der Waals surface area contributed by atoms with Crippen LogP contribution < -0.4 is 15.0 Å². The highest BCUT2D eigenvalue weighted by molar-refractivity contribution is 5.98. The maximum atomic E-state index is 12.6. The molecule has 2 aromatic carbocycles. The topological polar surface area (TPSA) is 79.0 Å². The van der Waals surface area contributed by atoms with Gasteiger partial charge in [0, 0.05) is 43.4 Å². The Morgan fingerprint density at radius 2 is 1.81 bits per heavy atom. The van der Waals surface area contributed by atoms with Gasteiger partial charge in [0.05, 0.1) is 6.54 Å². The molecule has 0 atom stereocenters. The minimum absolute atomic E-state index is 0.0399. The third-order valence-electron chi connectivity index (χ3n) is 4.95. The lowest BCUT2D eigenvalue weighted by Crippen LogP contribution is -2.38. The molecule has 1 aliphatic heterocycles. The summed E-state index contributed by atoms with van der Waals surface area (Å²) in [6, 6.07) is 12.0. The van der Waals surface area contributed by atoms with Gasteiger partial charge in [-0.2, -0.15) is 0 Å². The van der Waals surface area contributed by atoms with Gasteiger partial charge >= 0.3 is 6.36 Å². The number of hydrogen-bond donors (Lipinski definition) is 1. The number of carbonyl (C=O) groups excluding carboxylic acids is 3. The van der Waals surface area contributed by atoms with E-state index in [2.05, 4.69) is 10.1 Å². The number of rotatable bonds is 7. The van der Waals surface area contributed by atoms with Crippen molar-refractivity contribution in [2.45, 2.75) is 25.7 Å². The van der Waals surface area contributed by atoms with Crippen molar-refractivity contribution in [2.24, 2.45) is 0 Å². The summed E-state index contributed by atoms with van der Waals surface area (Å²) >= 11 is 0. The number of benzene rings is 2. The van der Waals surface area contributed by atoms with E-state index in [1.54, 1.807) is 29.2 Å². The first-order valence-electron chi connectivity index (χ1n) is 9.90. The quantitative estimate of drug-likeness (QED) is 0.705. The number of amides is 3. The molecule has 0 spiro atoms. The molecule has 1 saturated heterocycles. The van der Waals surface area contributed by atoms with E-state index in [0.717, 1.165) is 6.42 Å². The van der Waals surface area contributed by atoms with E-state index in [1.165, 1.54) is 36.2 Å². The fraction of sp³-hybridized carbons (Fsp3) is 0.318. The van der Waals surface area contributed by atoms with Crippen molar-refractivity contribution in [2.75, 3.05) is 25.0 Å². The van der Waals surface area contributed by atoms with Crippen LogP contribution in [0.3, 0.4) is 0 Å². The predicted molar refractivity (Wildman–Crippen MR) is 110 cm³/mol. The van der Waals surface area contributed by atoms with Gasteiger partial charge in [-0.25, -0.2) is 0 Å². The van der Waals surface area contributed by atoms with Gasteiger partial charge in [0.15, 0.2) is 0 Å². The second kappa shape index (κ2) is 9.71. The Kier molecular flexibility index (Phi) is 7.01. The summed E-state index contributed by atoms with van der Waals surface area (Å²) in [5.41, 5.74) is 1.21. The molecule has 10 heteroatoms. The van der Waals surface area contributed by atoms with Gasteiger partial charge in [-0.1, -0.05) is 18.2 Å². The number of para-hydroxylation sites is 1. The molecule has 0 unspecified atom stereocenters. The normalized spacial score (nSPS) is 13.8. The minimum Gasteiger partial charge on any atom is -0.405 e. The molecule has 170 valence electrons. The van der Waals surface area contributed by atoms with Crippen molar-refractivity contribution >= 4 is 23.4 Å². The molecule has 2 aromatic rings. The zero-order chi connectivity index (χ0) is 23.3. The molecular formula is C22H22F3N3O4. The van der Waals surface area contributed by atoms with Crippen LogP contribution in [0, 0.1) is 0 Å². The number of likely N-dealkylation sites (N-methyl/N-ethyl adjacent to an activating group) is 1. The molecule has 1 heterocycles. The van der Waals surface area contributed by atoms with Crippen LogP contribution in [-0.4, -0.2) is 49.1 Å². The number of hydrogen-bond acceptors (Lipinski definition) is 4. The van der Waals surface area contributed by atoms with Gasteiger partial charge < -0.3 is 19.9 Å². The molecule has 3 rings (SSSR count). The Labute approximate surface area is 182 Å². The fourth-order valence-corrected chi connectivity index (χ4v) is 3.31. The van der Waals surface area contributed by atoms with Gasteiger partial charge in [-0.15, -0.1) is 13.2 Å². The largest absolute Gasteiger partial charge is 0.573 e. The molecule has 0 radical (unpaired) electrons. The summed E-state index contributed by atoms with van der Waals surface area (Å²) in [5, 5.41) is 2.49. The van der Waals surface area contributed by atoms with Crippen LogP contribution >= 0.6 is 0 Å². The third kappa shape index (κ3) is 5.99. The molecular weight excluding hydrogens is 427 g/mol. The Morgan fingerprint density at radius 1 is 1.12 bits per heavy atom. The van der Waals surface area contributed by atoms with E-state index in [4.69, 9.17) is 0 Å². The van der Waals surface area contributed by atoms with Crippen LogP contribution in [-0.2, 0) is 16.1 Å². The van der Waals surface area contributed by atoms with Gasteiger partial charge in [0.25, 0.3) is 5.91 Å². The Bertz CT molecular complexity index is 993. The van der Waals surface area contributed by atoms with E-state index in [0.29, 0.717) is 24.2 Å². The second-order valence-corrected chi connectivity index (χ2v) is 7.28. The maximum Gasteiger partial charge on any atom is 0.573 e. The van der Waals surface area contributed by atoms with Crippen molar-refractivity contribution in [1.29, 1.82) is 0 Å². The highest BCUT2D eigenvalue weighted by Gasteiger charge is 2.32. The first kappa shape index (κ1) is 23.1. The van der Waals surface area contributed by atoms with Gasteiger partial charge in [-0.3, -0.25) is 14.4 Å². The fourth-order valence-electron chi connectivity index (χ4n) is 3.31. The summed E-state index contributed by atoms with van der Waals surface area (Å²) in [6.45, 7) is 0.186. The van der Waals surface area contributed by atoms with Crippen LogP contribution in [0.2, 0.25) is 0 Å². The number of alkyl halides is 3. The molecule has 0 aromatic heterocycles. The number of nitrogens with one attached hydrogen (secondary N) is 1. The van der Waals surface area contributed by atoms with Crippen LogP contribution in [0.25, 0.3) is 0 Å². The average molecular weight is 449 g/mol. The van der Waals surface area contributed by atoms with Crippen LogP contribution in [0.5, 0.6) is 5.75 Å². The molecule has 0 aliphatic carbocycles. The maximum absolute atomic E-state index is 12.6. The van der Waals surface area contributed by atoms with Crippen molar-refractivity contribution in [3.05, 3.63) is 59.7 Å². The highest BCUT2D eigenvalue weighted by atomic mass is 19.4. The Morgan fingerprint density at radius 3 is 2.44 bits per heavy atom. The first-order valence-corrected chi connectivity index (χ1v) is 9.90. The summed E-state index contributed by atoms with van der Waals surface area (Å²) in [7, 11) is 1.42. The molecule has 0 bridgehead atoms. The summed E-state index contributed by atoms with van der Waals surface area (Å²) in [6.07, 6.45) is -3.54. The van der Waals surface area contributed by atoms with Gasteiger partial charge in [0.1, 0.15) is 5.75 Å². The van der Waals surface area contributed by atoms with Gasteiger partial charge in [-0.05, 0) is 36.8 Å². The van der Waals surface area contributed by atoms with Gasteiger partial charge in [0.2, 0.25) is 11.8 Å². The second-order valence-electron chi connectivity index (χ2n) is 7.28. The van der Waals surface area contributed by atoms with E-state index in [1.807, 2.05) is 0 Å². The zero-order valence-corrected chi connectivity index (χ0v) is 17.3. The predicted octanol–water partition coefficient (Wildman–Crippen LogP) is 3.10. The SMILES string of the molecule is CN(Cc1ccccc1OC(F)(F)F)C(=O)CNC(=O)c1ccc(N2CCCC2=O)cc1.